The predicted molar refractivity (Wildman–Crippen MR) is 82.4 cm³/mol. The number of fused-ring (bicyclic) bond motifs is 1. The van der Waals surface area contributed by atoms with Crippen LogP contribution in [0.4, 0.5) is 5.95 Å². The van der Waals surface area contributed by atoms with E-state index in [1.165, 1.54) is 11.1 Å². The first kappa shape index (κ1) is 12.8. The van der Waals surface area contributed by atoms with Gasteiger partial charge in [0, 0.05) is 19.0 Å². The van der Waals surface area contributed by atoms with Gasteiger partial charge in [0.05, 0.1) is 0 Å². The largest absolute Gasteiger partial charge is 0.340 e. The van der Waals surface area contributed by atoms with E-state index in [0.717, 1.165) is 50.7 Å². The van der Waals surface area contributed by atoms with Crippen LogP contribution < -0.4 is 10.6 Å². The van der Waals surface area contributed by atoms with Crippen molar-refractivity contribution in [3.63, 3.8) is 0 Å². The Morgan fingerprint density at radius 3 is 2.81 bits per heavy atom. The van der Waals surface area contributed by atoms with Crippen molar-refractivity contribution in [1.29, 1.82) is 0 Å². The Labute approximate surface area is 124 Å². The Bertz CT molecular complexity index is 627. The maximum absolute atomic E-state index is 5.75. The molecule has 1 aliphatic heterocycles. The second-order valence-corrected chi connectivity index (χ2v) is 6.14. The van der Waals surface area contributed by atoms with Crippen molar-refractivity contribution in [1.82, 2.24) is 15.2 Å². The summed E-state index contributed by atoms with van der Waals surface area (Å²) in [5, 5.41) is 7.57. The number of H-pyrrole nitrogens is 1. The van der Waals surface area contributed by atoms with Crippen molar-refractivity contribution in [2.45, 2.75) is 25.2 Å². The van der Waals surface area contributed by atoms with Crippen LogP contribution in [0.3, 0.4) is 0 Å². The van der Waals surface area contributed by atoms with Crippen molar-refractivity contribution in [3.8, 4) is 0 Å². The van der Waals surface area contributed by atoms with Crippen molar-refractivity contribution >= 4 is 5.95 Å². The summed E-state index contributed by atoms with van der Waals surface area (Å²) in [6.45, 7) is 2.83. The second kappa shape index (κ2) is 5.15. The third kappa shape index (κ3) is 2.21. The quantitative estimate of drug-likeness (QED) is 0.899. The minimum absolute atomic E-state index is 0.393. The summed E-state index contributed by atoms with van der Waals surface area (Å²) in [5.74, 6) is 2.91. The minimum Gasteiger partial charge on any atom is -0.340 e. The number of rotatable bonds is 3. The highest BCUT2D eigenvalue weighted by Gasteiger charge is 2.30. The zero-order chi connectivity index (χ0) is 14.2. The average Bonchev–Trinajstić information content (AvgIpc) is 2.98. The van der Waals surface area contributed by atoms with Gasteiger partial charge in [-0.15, -0.1) is 5.10 Å². The molecule has 110 valence electrons. The lowest BCUT2D eigenvalue weighted by Gasteiger charge is -2.30. The topological polar surface area (TPSA) is 70.8 Å². The molecule has 4 rings (SSSR count). The molecule has 2 aliphatic rings. The smallest absolute Gasteiger partial charge is 0.244 e. The van der Waals surface area contributed by atoms with E-state index in [-0.39, 0.29) is 0 Å². The zero-order valence-corrected chi connectivity index (χ0v) is 12.1. The van der Waals surface area contributed by atoms with E-state index in [0.29, 0.717) is 11.8 Å². The summed E-state index contributed by atoms with van der Waals surface area (Å²) in [7, 11) is 0. The Kier molecular flexibility index (Phi) is 3.15. The number of hydrogen-bond donors (Lipinski definition) is 2. The van der Waals surface area contributed by atoms with E-state index < -0.39 is 0 Å². The van der Waals surface area contributed by atoms with E-state index in [1.54, 1.807) is 0 Å². The number of benzene rings is 1. The lowest BCUT2D eigenvalue weighted by molar-refractivity contribution is 0.411. The number of hydrogen-bond acceptors (Lipinski definition) is 4. The highest BCUT2D eigenvalue weighted by molar-refractivity contribution is 5.45. The Hall–Kier alpha value is -1.88. The fourth-order valence-corrected chi connectivity index (χ4v) is 3.43. The summed E-state index contributed by atoms with van der Waals surface area (Å²) >= 11 is 0. The Balaban J connectivity index is 1.48. The van der Waals surface area contributed by atoms with Gasteiger partial charge in [0.1, 0.15) is 5.82 Å². The predicted octanol–water partition coefficient (Wildman–Crippen LogP) is 1.67. The number of nitrogens with two attached hydrogens (primary N) is 1. The number of piperidine rings is 1. The lowest BCUT2D eigenvalue weighted by Crippen LogP contribution is -2.36. The molecule has 5 heteroatoms. The van der Waals surface area contributed by atoms with Crippen LogP contribution in [0.5, 0.6) is 0 Å². The molecule has 1 aliphatic carbocycles. The van der Waals surface area contributed by atoms with Gasteiger partial charge in [-0.25, -0.2) is 0 Å². The molecule has 1 fully saturated rings. The van der Waals surface area contributed by atoms with Gasteiger partial charge in [0.2, 0.25) is 5.95 Å². The SMILES string of the molecule is NCC1CCN(c2n[nH]c(C3Cc4ccccc43)n2)CC1. The van der Waals surface area contributed by atoms with Gasteiger partial charge >= 0.3 is 0 Å². The first-order valence-electron chi connectivity index (χ1n) is 7.80. The maximum atomic E-state index is 5.75. The molecule has 21 heavy (non-hydrogen) atoms. The molecule has 3 N–H and O–H groups in total. The van der Waals surface area contributed by atoms with Crippen LogP contribution in [-0.2, 0) is 6.42 Å². The third-order valence-electron chi connectivity index (χ3n) is 4.91. The van der Waals surface area contributed by atoms with Crippen LogP contribution in [0, 0.1) is 5.92 Å². The normalized spacial score (nSPS) is 22.0. The minimum atomic E-state index is 0.393. The molecule has 0 bridgehead atoms. The van der Waals surface area contributed by atoms with Crippen LogP contribution in [-0.4, -0.2) is 34.8 Å². The van der Waals surface area contributed by atoms with Crippen LogP contribution >= 0.6 is 0 Å². The summed E-state index contributed by atoms with van der Waals surface area (Å²) < 4.78 is 0. The van der Waals surface area contributed by atoms with E-state index in [4.69, 9.17) is 10.7 Å². The van der Waals surface area contributed by atoms with Gasteiger partial charge in [-0.1, -0.05) is 24.3 Å². The summed E-state index contributed by atoms with van der Waals surface area (Å²) in [6, 6.07) is 8.58. The molecule has 1 aromatic heterocycles. The molecule has 1 aromatic carbocycles. The van der Waals surface area contributed by atoms with E-state index in [9.17, 15) is 0 Å². The molecule has 0 amide bonds. The molecule has 2 heterocycles. The molecule has 5 nitrogen and oxygen atoms in total. The van der Waals surface area contributed by atoms with Gasteiger partial charge in [-0.05, 0) is 42.9 Å². The number of aromatic nitrogens is 3. The monoisotopic (exact) mass is 283 g/mol. The first-order chi connectivity index (χ1) is 10.3. The van der Waals surface area contributed by atoms with Crippen molar-refractivity contribution in [2.75, 3.05) is 24.5 Å². The molecule has 1 atom stereocenters. The van der Waals surface area contributed by atoms with Gasteiger partial charge in [0.15, 0.2) is 0 Å². The zero-order valence-electron chi connectivity index (χ0n) is 12.1. The second-order valence-electron chi connectivity index (χ2n) is 6.14. The van der Waals surface area contributed by atoms with Crippen LogP contribution in [0.25, 0.3) is 0 Å². The third-order valence-corrected chi connectivity index (χ3v) is 4.91. The Morgan fingerprint density at radius 1 is 1.24 bits per heavy atom. The lowest BCUT2D eigenvalue weighted by atomic mass is 9.77. The molecule has 1 unspecified atom stereocenters. The maximum Gasteiger partial charge on any atom is 0.244 e. The van der Waals surface area contributed by atoms with E-state index in [1.807, 2.05) is 0 Å². The summed E-state index contributed by atoms with van der Waals surface area (Å²) in [6.07, 6.45) is 3.36. The van der Waals surface area contributed by atoms with Crippen LogP contribution in [0.2, 0.25) is 0 Å². The molecule has 2 aromatic rings. The Morgan fingerprint density at radius 2 is 2.05 bits per heavy atom. The average molecular weight is 283 g/mol. The van der Waals surface area contributed by atoms with Gasteiger partial charge in [-0.2, -0.15) is 4.98 Å². The molecule has 0 spiro atoms. The summed E-state index contributed by atoms with van der Waals surface area (Å²) in [5.41, 5.74) is 8.57. The first-order valence-corrected chi connectivity index (χ1v) is 7.80. The van der Waals surface area contributed by atoms with E-state index >= 15 is 0 Å². The number of nitrogens with one attached hydrogen (secondary N) is 1. The van der Waals surface area contributed by atoms with Crippen LogP contribution in [0.1, 0.15) is 35.7 Å². The van der Waals surface area contributed by atoms with Crippen molar-refractivity contribution in [2.24, 2.45) is 11.7 Å². The van der Waals surface area contributed by atoms with Crippen molar-refractivity contribution in [3.05, 3.63) is 41.2 Å². The van der Waals surface area contributed by atoms with Crippen molar-refractivity contribution < 1.29 is 0 Å². The standard InChI is InChI=1S/C16H21N5/c17-10-11-5-7-21(8-6-11)16-18-15(19-20-16)14-9-12-3-1-2-4-13(12)14/h1-4,11,14H,5-10,17H2,(H,18,19,20). The van der Waals surface area contributed by atoms with Gasteiger partial charge in [-0.3, -0.25) is 5.10 Å². The van der Waals surface area contributed by atoms with Gasteiger partial charge < -0.3 is 10.6 Å². The number of aromatic amines is 1. The fraction of sp³-hybridized carbons (Fsp3) is 0.500. The molecule has 1 saturated heterocycles. The number of nitrogens with zero attached hydrogens (tertiary/aromatic N) is 3. The molecular weight excluding hydrogens is 262 g/mol. The molecule has 0 saturated carbocycles. The van der Waals surface area contributed by atoms with E-state index in [2.05, 4.69) is 39.4 Å². The fourth-order valence-electron chi connectivity index (χ4n) is 3.43. The van der Waals surface area contributed by atoms with Gasteiger partial charge in [0.25, 0.3) is 0 Å². The summed E-state index contributed by atoms with van der Waals surface area (Å²) in [4.78, 5) is 7.01. The highest BCUT2D eigenvalue weighted by Crippen LogP contribution is 2.38. The molecular formula is C16H21N5. The highest BCUT2D eigenvalue weighted by atomic mass is 15.4. The molecule has 0 radical (unpaired) electrons. The van der Waals surface area contributed by atoms with Crippen LogP contribution in [0.15, 0.2) is 24.3 Å². The number of anilines is 1.